The second-order valence-electron chi connectivity index (χ2n) is 3.38. The van der Waals surface area contributed by atoms with Crippen molar-refractivity contribution in [2.75, 3.05) is 11.8 Å². The topological polar surface area (TPSA) is 143 Å². The van der Waals surface area contributed by atoms with Crippen molar-refractivity contribution in [2.24, 2.45) is 10.9 Å². The zero-order valence-corrected chi connectivity index (χ0v) is 10.9. The standard InChI is InChI=1S/C9H11FN4O5S/c1-19-9(15)14-20(17,18)13-7-3-2-5(4-6(7)10)8(11)12-16/h2-4,13,16H,1H3,(H2,11,12)(H,14,15). The third-order valence-corrected chi connectivity index (χ3v) is 2.94. The largest absolute Gasteiger partial charge is 0.452 e. The van der Waals surface area contributed by atoms with Gasteiger partial charge in [0.1, 0.15) is 5.82 Å². The summed E-state index contributed by atoms with van der Waals surface area (Å²) in [4.78, 5) is 10.8. The van der Waals surface area contributed by atoms with Crippen LogP contribution in [0.4, 0.5) is 14.9 Å². The molecule has 0 spiro atoms. The smallest absolute Gasteiger partial charge is 0.422 e. The molecule has 1 amide bonds. The molecule has 20 heavy (non-hydrogen) atoms. The van der Waals surface area contributed by atoms with Gasteiger partial charge in [-0.15, -0.1) is 0 Å². The molecule has 0 fully saturated rings. The highest BCUT2D eigenvalue weighted by Crippen LogP contribution is 2.16. The number of carbonyl (C=O) groups is 1. The van der Waals surface area contributed by atoms with Crippen LogP contribution in [0.25, 0.3) is 0 Å². The van der Waals surface area contributed by atoms with E-state index in [4.69, 9.17) is 10.9 Å². The van der Waals surface area contributed by atoms with Crippen molar-refractivity contribution in [3.05, 3.63) is 29.6 Å². The molecule has 5 N–H and O–H groups in total. The molecule has 0 saturated heterocycles. The van der Waals surface area contributed by atoms with Crippen LogP contribution >= 0.6 is 0 Å². The summed E-state index contributed by atoms with van der Waals surface area (Å²) in [5.41, 5.74) is 4.86. The maximum atomic E-state index is 13.6. The van der Waals surface area contributed by atoms with Gasteiger partial charge in [-0.05, 0) is 18.2 Å². The Labute approximate surface area is 113 Å². The number of halogens is 1. The van der Waals surface area contributed by atoms with E-state index < -0.39 is 27.8 Å². The summed E-state index contributed by atoms with van der Waals surface area (Å²) in [6.07, 6.45) is -1.23. The molecule has 0 aliphatic carbocycles. The van der Waals surface area contributed by atoms with E-state index in [-0.39, 0.29) is 11.4 Å². The first kappa shape index (κ1) is 15.5. The summed E-state index contributed by atoms with van der Waals surface area (Å²) >= 11 is 0. The van der Waals surface area contributed by atoms with E-state index in [2.05, 4.69) is 9.89 Å². The number of nitrogens with zero attached hydrogens (tertiary/aromatic N) is 1. The highest BCUT2D eigenvalue weighted by molar-refractivity contribution is 7.91. The molecule has 0 aromatic heterocycles. The number of amidine groups is 1. The molecule has 1 aromatic carbocycles. The summed E-state index contributed by atoms with van der Waals surface area (Å²) in [5, 5.41) is 11.1. The molecule has 0 heterocycles. The number of carbonyl (C=O) groups excluding carboxylic acids is 1. The molecule has 110 valence electrons. The van der Waals surface area contributed by atoms with E-state index in [0.29, 0.717) is 0 Å². The number of ether oxygens (including phenoxy) is 1. The number of nitrogens with two attached hydrogens (primary N) is 1. The summed E-state index contributed by atoms with van der Waals surface area (Å²) in [5.74, 6) is -1.32. The number of benzene rings is 1. The minimum Gasteiger partial charge on any atom is -0.452 e. The van der Waals surface area contributed by atoms with Gasteiger partial charge in [0.15, 0.2) is 5.84 Å². The second-order valence-corrected chi connectivity index (χ2v) is 4.79. The van der Waals surface area contributed by atoms with E-state index in [9.17, 15) is 17.6 Å². The normalized spacial score (nSPS) is 11.8. The van der Waals surface area contributed by atoms with Crippen LogP contribution in [-0.2, 0) is 14.9 Å². The zero-order chi connectivity index (χ0) is 15.3. The molecule has 0 aliphatic heterocycles. The summed E-state index contributed by atoms with van der Waals surface area (Å²) in [7, 11) is -3.36. The Morgan fingerprint density at radius 3 is 2.65 bits per heavy atom. The van der Waals surface area contributed by atoms with Gasteiger partial charge in [0.05, 0.1) is 12.8 Å². The van der Waals surface area contributed by atoms with E-state index in [1.807, 2.05) is 0 Å². The number of methoxy groups -OCH3 is 1. The predicted molar refractivity (Wildman–Crippen MR) is 67.0 cm³/mol. The van der Waals surface area contributed by atoms with Crippen LogP contribution in [0.15, 0.2) is 23.4 Å². The predicted octanol–water partition coefficient (Wildman–Crippen LogP) is -0.0671. The molecule has 9 nitrogen and oxygen atoms in total. The lowest BCUT2D eigenvalue weighted by Crippen LogP contribution is -2.35. The minimum atomic E-state index is -4.33. The van der Waals surface area contributed by atoms with Crippen molar-refractivity contribution < 1.29 is 27.5 Å². The summed E-state index contributed by atoms with van der Waals surface area (Å²) in [6, 6.07) is 3.11. The molecule has 0 atom stereocenters. The van der Waals surface area contributed by atoms with Crippen LogP contribution in [0.2, 0.25) is 0 Å². The van der Waals surface area contributed by atoms with Gasteiger partial charge < -0.3 is 15.7 Å². The fourth-order valence-corrected chi connectivity index (χ4v) is 1.95. The van der Waals surface area contributed by atoms with Gasteiger partial charge in [0.2, 0.25) is 0 Å². The number of nitrogens with one attached hydrogen (secondary N) is 2. The van der Waals surface area contributed by atoms with Gasteiger partial charge in [-0.1, -0.05) is 5.16 Å². The maximum Gasteiger partial charge on any atom is 0.422 e. The Hall–Kier alpha value is -2.56. The number of rotatable bonds is 4. The first-order valence-electron chi connectivity index (χ1n) is 4.95. The molecule has 1 rings (SSSR count). The third-order valence-electron chi connectivity index (χ3n) is 2.02. The highest BCUT2D eigenvalue weighted by atomic mass is 32.2. The van der Waals surface area contributed by atoms with Crippen molar-refractivity contribution in [3.8, 4) is 0 Å². The van der Waals surface area contributed by atoms with Crippen LogP contribution in [0.1, 0.15) is 5.56 Å². The Morgan fingerprint density at radius 2 is 2.15 bits per heavy atom. The van der Waals surface area contributed by atoms with Crippen LogP contribution in [0, 0.1) is 5.82 Å². The molecule has 0 aliphatic rings. The Kier molecular flexibility index (Phi) is 4.69. The second kappa shape index (κ2) is 6.06. The van der Waals surface area contributed by atoms with Crippen molar-refractivity contribution >= 4 is 27.8 Å². The van der Waals surface area contributed by atoms with E-state index in [0.717, 1.165) is 19.2 Å². The highest BCUT2D eigenvalue weighted by Gasteiger charge is 2.17. The molecular weight excluding hydrogens is 295 g/mol. The Bertz CT molecular complexity index is 646. The average Bonchev–Trinajstić information content (AvgIpc) is 2.39. The van der Waals surface area contributed by atoms with Gasteiger partial charge in [-0.2, -0.15) is 8.42 Å². The van der Waals surface area contributed by atoms with Gasteiger partial charge in [-0.25, -0.2) is 13.9 Å². The number of hydrogen-bond donors (Lipinski definition) is 4. The summed E-state index contributed by atoms with van der Waals surface area (Å²) < 4.78 is 43.8. The number of anilines is 1. The number of hydrogen-bond acceptors (Lipinski definition) is 6. The third kappa shape index (κ3) is 3.98. The van der Waals surface area contributed by atoms with Crippen molar-refractivity contribution in [1.82, 2.24) is 4.72 Å². The van der Waals surface area contributed by atoms with Gasteiger partial charge in [-0.3, -0.25) is 4.72 Å². The van der Waals surface area contributed by atoms with Gasteiger partial charge in [0, 0.05) is 5.56 Å². The Morgan fingerprint density at radius 1 is 1.50 bits per heavy atom. The van der Waals surface area contributed by atoms with Crippen molar-refractivity contribution in [1.29, 1.82) is 0 Å². The molecule has 0 bridgehead atoms. The summed E-state index contributed by atoms with van der Waals surface area (Å²) in [6.45, 7) is 0. The van der Waals surface area contributed by atoms with Crippen LogP contribution < -0.4 is 15.2 Å². The Balaban J connectivity index is 2.97. The van der Waals surface area contributed by atoms with E-state index in [1.54, 1.807) is 4.72 Å². The van der Waals surface area contributed by atoms with Gasteiger partial charge in [0.25, 0.3) is 0 Å². The first-order valence-corrected chi connectivity index (χ1v) is 6.43. The zero-order valence-electron chi connectivity index (χ0n) is 10.1. The van der Waals surface area contributed by atoms with Crippen molar-refractivity contribution in [2.45, 2.75) is 0 Å². The quantitative estimate of drug-likeness (QED) is 0.265. The fourth-order valence-electron chi connectivity index (χ4n) is 1.14. The molecule has 0 radical (unpaired) electrons. The number of amides is 1. The lowest BCUT2D eigenvalue weighted by molar-refractivity contribution is 0.177. The monoisotopic (exact) mass is 306 g/mol. The molecule has 1 aromatic rings. The maximum absolute atomic E-state index is 13.6. The van der Waals surface area contributed by atoms with Crippen LogP contribution in [-0.4, -0.2) is 32.7 Å². The van der Waals surface area contributed by atoms with Crippen LogP contribution in [0.5, 0.6) is 0 Å². The SMILES string of the molecule is COC(=O)NS(=O)(=O)Nc1ccc(/C(N)=N/O)cc1F. The van der Waals surface area contributed by atoms with Crippen molar-refractivity contribution in [3.63, 3.8) is 0 Å². The number of oxime groups is 1. The molecule has 0 unspecified atom stereocenters. The molecule has 0 saturated carbocycles. The van der Waals surface area contributed by atoms with Crippen LogP contribution in [0.3, 0.4) is 0 Å². The fraction of sp³-hybridized carbons (Fsp3) is 0.111. The van der Waals surface area contributed by atoms with E-state index >= 15 is 0 Å². The average molecular weight is 306 g/mol. The van der Waals surface area contributed by atoms with Gasteiger partial charge >= 0.3 is 16.3 Å². The molecule has 11 heteroatoms. The molecular formula is C9H11FN4O5S. The first-order chi connectivity index (χ1) is 9.29. The lowest BCUT2D eigenvalue weighted by Gasteiger charge is -2.10. The minimum absolute atomic E-state index is 0.0499. The lowest BCUT2D eigenvalue weighted by atomic mass is 10.2. The van der Waals surface area contributed by atoms with E-state index in [1.165, 1.54) is 10.8 Å².